The number of hydrogen-bond acceptors (Lipinski definition) is 4. The fourth-order valence-corrected chi connectivity index (χ4v) is 3.60. The van der Waals surface area contributed by atoms with E-state index in [1.807, 2.05) is 6.08 Å². The van der Waals surface area contributed by atoms with Gasteiger partial charge in [0.05, 0.1) is 23.4 Å². The summed E-state index contributed by atoms with van der Waals surface area (Å²) in [5.74, 6) is 0.731. The maximum atomic E-state index is 11.7. The highest BCUT2D eigenvalue weighted by molar-refractivity contribution is 6.45. The summed E-state index contributed by atoms with van der Waals surface area (Å²) in [6.07, 6.45) is 4.94. The second kappa shape index (κ2) is 4.67. The molecule has 0 aromatic heterocycles. The first-order chi connectivity index (χ1) is 9.63. The highest BCUT2D eigenvalue weighted by Crippen LogP contribution is 2.46. The molecule has 0 saturated carbocycles. The molecule has 3 atom stereocenters. The number of ether oxygens (including phenoxy) is 1. The molecule has 116 valence electrons. The van der Waals surface area contributed by atoms with Crippen molar-refractivity contribution in [3.63, 3.8) is 0 Å². The molecule has 4 nitrogen and oxygen atoms in total. The third-order valence-electron chi connectivity index (χ3n) is 5.73. The Hall–Kier alpha value is -0.645. The summed E-state index contributed by atoms with van der Waals surface area (Å²) in [6.45, 7) is 11.0. The van der Waals surface area contributed by atoms with E-state index in [1.54, 1.807) is 6.08 Å². The highest BCUT2D eigenvalue weighted by atomic mass is 16.7. The topological polar surface area (TPSA) is 44.8 Å². The van der Waals surface area contributed by atoms with Crippen molar-refractivity contribution in [1.82, 2.24) is 0 Å². The Labute approximate surface area is 127 Å². The first-order valence-electron chi connectivity index (χ1n) is 7.85. The largest absolute Gasteiger partial charge is 0.458 e. The average Bonchev–Trinajstić information content (AvgIpc) is 2.76. The predicted molar refractivity (Wildman–Crippen MR) is 81.0 cm³/mol. The molecule has 0 bridgehead atoms. The first kappa shape index (κ1) is 15.3. The Bertz CT molecular complexity index is 469. The van der Waals surface area contributed by atoms with Crippen LogP contribution >= 0.6 is 0 Å². The maximum Gasteiger partial charge on any atom is 0.458 e. The van der Waals surface area contributed by atoms with Crippen LogP contribution in [0.5, 0.6) is 0 Å². The van der Waals surface area contributed by atoms with Crippen molar-refractivity contribution in [2.75, 3.05) is 6.61 Å². The summed E-state index contributed by atoms with van der Waals surface area (Å²) in [5, 5.41) is 0. The van der Waals surface area contributed by atoms with E-state index in [0.29, 0.717) is 18.9 Å². The number of rotatable bonds is 2. The van der Waals surface area contributed by atoms with Gasteiger partial charge in [-0.1, -0.05) is 0 Å². The molecular weight excluding hydrogens is 267 g/mol. The lowest BCUT2D eigenvalue weighted by Gasteiger charge is -2.32. The van der Waals surface area contributed by atoms with Gasteiger partial charge in [0.1, 0.15) is 0 Å². The number of fused-ring (bicyclic) bond motifs is 1. The molecule has 21 heavy (non-hydrogen) atoms. The van der Waals surface area contributed by atoms with Gasteiger partial charge in [0.25, 0.3) is 0 Å². The quantitative estimate of drug-likeness (QED) is 0.734. The smallest absolute Gasteiger partial charge is 0.403 e. The molecule has 2 saturated heterocycles. The average molecular weight is 292 g/mol. The van der Waals surface area contributed by atoms with Gasteiger partial charge in [-0.05, 0) is 59.0 Å². The Balaban J connectivity index is 1.70. The standard InChI is InChI=1S/C16H25BO4/c1-14(2)15(3,4)21-17(20-14)9-11-10-19-16(5)7-6-12(18)8-13(11)16/h6-7,11,13H,8-10H2,1-5H3/t11-,13-,16-/m0/s1. The lowest BCUT2D eigenvalue weighted by Crippen LogP contribution is -2.41. The van der Waals surface area contributed by atoms with E-state index in [9.17, 15) is 4.79 Å². The van der Waals surface area contributed by atoms with Crippen LogP contribution in [0.2, 0.25) is 6.32 Å². The van der Waals surface area contributed by atoms with E-state index < -0.39 is 0 Å². The number of hydrogen-bond donors (Lipinski definition) is 0. The van der Waals surface area contributed by atoms with Crippen LogP contribution in [0.3, 0.4) is 0 Å². The van der Waals surface area contributed by atoms with Crippen molar-refractivity contribution in [1.29, 1.82) is 0 Å². The van der Waals surface area contributed by atoms with Crippen molar-refractivity contribution in [2.45, 2.75) is 64.2 Å². The minimum absolute atomic E-state index is 0.196. The van der Waals surface area contributed by atoms with E-state index in [4.69, 9.17) is 14.0 Å². The van der Waals surface area contributed by atoms with Gasteiger partial charge in [0.15, 0.2) is 5.78 Å². The van der Waals surface area contributed by atoms with Crippen molar-refractivity contribution in [3.8, 4) is 0 Å². The van der Waals surface area contributed by atoms with E-state index in [1.165, 1.54) is 0 Å². The molecule has 2 aliphatic heterocycles. The highest BCUT2D eigenvalue weighted by Gasteiger charge is 2.54. The second-order valence-corrected chi connectivity index (χ2v) is 7.79. The van der Waals surface area contributed by atoms with Gasteiger partial charge in [-0.2, -0.15) is 0 Å². The molecule has 0 unspecified atom stereocenters. The van der Waals surface area contributed by atoms with Crippen LogP contribution in [0.15, 0.2) is 12.2 Å². The predicted octanol–water partition coefficient (Wildman–Crippen LogP) is 2.63. The second-order valence-electron chi connectivity index (χ2n) is 7.79. The van der Waals surface area contributed by atoms with Gasteiger partial charge < -0.3 is 14.0 Å². The Morgan fingerprint density at radius 2 is 1.81 bits per heavy atom. The molecule has 0 N–H and O–H groups in total. The van der Waals surface area contributed by atoms with Crippen molar-refractivity contribution in [3.05, 3.63) is 12.2 Å². The molecule has 1 aliphatic carbocycles. The number of allylic oxidation sites excluding steroid dienone is 1. The van der Waals surface area contributed by atoms with Gasteiger partial charge in [-0.15, -0.1) is 0 Å². The minimum Gasteiger partial charge on any atom is -0.403 e. The summed E-state index contributed by atoms with van der Waals surface area (Å²) in [4.78, 5) is 11.7. The summed E-state index contributed by atoms with van der Waals surface area (Å²) < 4.78 is 18.1. The first-order valence-corrected chi connectivity index (χ1v) is 7.85. The van der Waals surface area contributed by atoms with Crippen molar-refractivity contribution < 1.29 is 18.8 Å². The zero-order chi connectivity index (χ0) is 15.5. The normalized spacial score (nSPS) is 40.6. The molecular formula is C16H25BO4. The lowest BCUT2D eigenvalue weighted by molar-refractivity contribution is -0.117. The Morgan fingerprint density at radius 1 is 1.19 bits per heavy atom. The van der Waals surface area contributed by atoms with Gasteiger partial charge >= 0.3 is 7.12 Å². The van der Waals surface area contributed by atoms with E-state index >= 15 is 0 Å². The summed E-state index contributed by atoms with van der Waals surface area (Å²) in [6, 6.07) is 0. The van der Waals surface area contributed by atoms with Crippen LogP contribution in [0, 0.1) is 11.8 Å². The van der Waals surface area contributed by atoms with Crippen LogP contribution in [0.4, 0.5) is 0 Å². The SMILES string of the molecule is CC1(C)OB(C[C@H]2CO[C@@]3(C)C=CC(=O)C[C@@H]23)OC1(C)C. The Morgan fingerprint density at radius 3 is 2.43 bits per heavy atom. The lowest BCUT2D eigenvalue weighted by atomic mass is 9.67. The summed E-state index contributed by atoms with van der Waals surface area (Å²) >= 11 is 0. The molecule has 0 spiro atoms. The monoisotopic (exact) mass is 292 g/mol. The van der Waals surface area contributed by atoms with Gasteiger partial charge in [0.2, 0.25) is 0 Å². The van der Waals surface area contributed by atoms with Crippen LogP contribution < -0.4 is 0 Å². The van der Waals surface area contributed by atoms with Crippen LogP contribution in [0.1, 0.15) is 41.0 Å². The fourth-order valence-electron chi connectivity index (χ4n) is 3.60. The molecule has 2 heterocycles. The summed E-state index contributed by atoms with van der Waals surface area (Å²) in [7, 11) is -0.216. The molecule has 3 aliphatic rings. The zero-order valence-corrected chi connectivity index (χ0v) is 13.6. The van der Waals surface area contributed by atoms with Gasteiger partial charge in [0, 0.05) is 12.3 Å². The molecule has 0 amide bonds. The fraction of sp³-hybridized carbons (Fsp3) is 0.812. The minimum atomic E-state index is -0.303. The van der Waals surface area contributed by atoms with E-state index in [0.717, 1.165) is 6.32 Å². The molecule has 0 aromatic rings. The number of carbonyl (C=O) groups excluding carboxylic acids is 1. The Kier molecular flexibility index (Phi) is 3.40. The van der Waals surface area contributed by atoms with Crippen molar-refractivity contribution >= 4 is 12.9 Å². The van der Waals surface area contributed by atoms with Crippen molar-refractivity contribution in [2.24, 2.45) is 11.8 Å². The molecule has 0 aromatic carbocycles. The molecule has 0 radical (unpaired) electrons. The number of ketones is 1. The number of carbonyl (C=O) groups is 1. The molecule has 5 heteroatoms. The van der Waals surface area contributed by atoms with E-state index in [-0.39, 0.29) is 35.6 Å². The van der Waals surface area contributed by atoms with Gasteiger partial charge in [-0.3, -0.25) is 4.79 Å². The van der Waals surface area contributed by atoms with E-state index in [2.05, 4.69) is 34.6 Å². The van der Waals surface area contributed by atoms with Gasteiger partial charge in [-0.25, -0.2) is 0 Å². The molecule has 3 rings (SSSR count). The van der Waals surface area contributed by atoms with Crippen LogP contribution in [0.25, 0.3) is 0 Å². The van der Waals surface area contributed by atoms with Crippen LogP contribution in [-0.4, -0.2) is 36.3 Å². The third-order valence-corrected chi connectivity index (χ3v) is 5.73. The van der Waals surface area contributed by atoms with Crippen LogP contribution in [-0.2, 0) is 18.8 Å². The molecule has 2 fully saturated rings. The maximum absolute atomic E-state index is 11.7. The zero-order valence-electron chi connectivity index (χ0n) is 13.6. The summed E-state index contributed by atoms with van der Waals surface area (Å²) in [5.41, 5.74) is -0.909. The third kappa shape index (κ3) is 2.49.